The Morgan fingerprint density at radius 2 is 2.00 bits per heavy atom. The molecule has 6 nitrogen and oxygen atoms in total. The van der Waals surface area contributed by atoms with E-state index >= 15 is 0 Å². The van der Waals surface area contributed by atoms with Crippen LogP contribution in [0.1, 0.15) is 13.8 Å². The van der Waals surface area contributed by atoms with Crippen LogP contribution < -0.4 is 10.6 Å². The molecule has 0 spiro atoms. The Balaban J connectivity index is 3.60. The summed E-state index contributed by atoms with van der Waals surface area (Å²) in [5.74, 6) is -0.583. The topological polar surface area (TPSA) is 95.5 Å². The van der Waals surface area contributed by atoms with E-state index in [2.05, 4.69) is 10.6 Å². The number of amides is 2. The molecule has 2 unspecified atom stereocenters. The van der Waals surface area contributed by atoms with Gasteiger partial charge in [0.2, 0.25) is 0 Å². The van der Waals surface area contributed by atoms with E-state index in [1.807, 2.05) is 6.92 Å². The minimum absolute atomic E-state index is 0.0814. The lowest BCUT2D eigenvalue weighted by Gasteiger charge is -2.09. The predicted octanol–water partition coefficient (Wildman–Crippen LogP) is -0.225. The van der Waals surface area contributed by atoms with Crippen molar-refractivity contribution in [2.24, 2.45) is 5.92 Å². The van der Waals surface area contributed by atoms with Crippen LogP contribution in [0.2, 0.25) is 0 Å². The molecule has 0 saturated heterocycles. The maximum absolute atomic E-state index is 11.1. The number of carboxylic acids is 1. The van der Waals surface area contributed by atoms with Crippen molar-refractivity contribution in [3.8, 4) is 0 Å². The largest absolute Gasteiger partial charge is 0.481 e. The third kappa shape index (κ3) is 7.22. The molecule has 2 amide bonds. The van der Waals surface area contributed by atoms with Gasteiger partial charge in [-0.25, -0.2) is 4.79 Å². The summed E-state index contributed by atoms with van der Waals surface area (Å²) in [6.07, 6.45) is 0. The number of carbonyl (C=O) groups is 2. The molecule has 0 aliphatic rings. The fraction of sp³-hybridized carbons (Fsp3) is 0.778. The normalized spacial score (nSPS) is 13.9. The van der Waals surface area contributed by atoms with Crippen LogP contribution in [-0.2, 0) is 15.6 Å². The molecule has 0 aromatic heterocycles. The number of aliphatic carboxylic acids is 1. The molecule has 94 valence electrons. The molecule has 2 atom stereocenters. The van der Waals surface area contributed by atoms with E-state index in [1.165, 1.54) is 6.92 Å². The maximum atomic E-state index is 11.1. The van der Waals surface area contributed by atoms with Crippen molar-refractivity contribution in [1.82, 2.24) is 10.6 Å². The first-order valence-electron chi connectivity index (χ1n) is 5.06. The highest BCUT2D eigenvalue weighted by Gasteiger charge is 2.11. The Morgan fingerprint density at radius 1 is 1.38 bits per heavy atom. The van der Waals surface area contributed by atoms with Gasteiger partial charge in [-0.1, -0.05) is 13.8 Å². The molecule has 16 heavy (non-hydrogen) atoms. The number of rotatable bonds is 7. The van der Waals surface area contributed by atoms with Gasteiger partial charge in [0, 0.05) is 35.4 Å². The fourth-order valence-corrected chi connectivity index (χ4v) is 1.44. The van der Waals surface area contributed by atoms with Crippen LogP contribution in [0, 0.1) is 5.92 Å². The average Bonchev–Trinajstić information content (AvgIpc) is 2.25. The summed E-state index contributed by atoms with van der Waals surface area (Å²) in [6, 6.07) is -0.429. The molecule has 0 fully saturated rings. The molecular weight excluding hydrogens is 232 g/mol. The molecular formula is C9H18N2O4S. The van der Waals surface area contributed by atoms with Crippen molar-refractivity contribution in [2.75, 3.05) is 24.6 Å². The van der Waals surface area contributed by atoms with Crippen molar-refractivity contribution in [3.05, 3.63) is 0 Å². The van der Waals surface area contributed by atoms with Gasteiger partial charge in [0.1, 0.15) is 0 Å². The second-order valence-electron chi connectivity index (χ2n) is 3.31. The zero-order chi connectivity index (χ0) is 12.6. The number of hydrogen-bond donors (Lipinski definition) is 3. The van der Waals surface area contributed by atoms with Gasteiger partial charge in [-0.3, -0.25) is 9.00 Å². The first kappa shape index (κ1) is 14.9. The Hall–Kier alpha value is -1.11. The Bertz CT molecular complexity index is 270. The Morgan fingerprint density at radius 3 is 2.50 bits per heavy atom. The second-order valence-corrected chi connectivity index (χ2v) is 5.17. The maximum Gasteiger partial charge on any atom is 0.314 e. The monoisotopic (exact) mass is 250 g/mol. The lowest BCUT2D eigenvalue weighted by molar-refractivity contribution is -0.140. The standard InChI is InChI=1S/C9H18N2O4S/c1-3-16(15)5-4-10-9(14)11-6-7(2)8(12)13/h7H,3-6H2,1-2H3,(H,12,13)(H2,10,11,14). The van der Waals surface area contributed by atoms with Crippen LogP contribution in [0.5, 0.6) is 0 Å². The summed E-state index contributed by atoms with van der Waals surface area (Å²) in [6.45, 7) is 3.73. The summed E-state index contributed by atoms with van der Waals surface area (Å²) in [7, 11) is -0.900. The van der Waals surface area contributed by atoms with Crippen LogP contribution in [0.25, 0.3) is 0 Å². The minimum atomic E-state index is -0.951. The molecule has 7 heteroatoms. The zero-order valence-electron chi connectivity index (χ0n) is 9.49. The lowest BCUT2D eigenvalue weighted by Crippen LogP contribution is -2.40. The summed E-state index contributed by atoms with van der Waals surface area (Å²) < 4.78 is 11.0. The van der Waals surface area contributed by atoms with E-state index in [9.17, 15) is 13.8 Å². The highest BCUT2D eigenvalue weighted by molar-refractivity contribution is 7.84. The smallest absolute Gasteiger partial charge is 0.314 e. The fourth-order valence-electron chi connectivity index (χ4n) is 0.818. The van der Waals surface area contributed by atoms with E-state index in [0.717, 1.165) is 0 Å². The van der Waals surface area contributed by atoms with Gasteiger partial charge in [-0.05, 0) is 0 Å². The van der Waals surface area contributed by atoms with Gasteiger partial charge in [-0.2, -0.15) is 0 Å². The quantitative estimate of drug-likeness (QED) is 0.582. The average molecular weight is 250 g/mol. The van der Waals surface area contributed by atoms with Gasteiger partial charge in [0.05, 0.1) is 5.92 Å². The highest BCUT2D eigenvalue weighted by atomic mass is 32.2. The van der Waals surface area contributed by atoms with Crippen molar-refractivity contribution in [3.63, 3.8) is 0 Å². The van der Waals surface area contributed by atoms with Crippen LogP contribution in [0.15, 0.2) is 0 Å². The number of nitrogens with one attached hydrogen (secondary N) is 2. The summed E-state index contributed by atoms with van der Waals surface area (Å²) in [5, 5.41) is 13.5. The Kier molecular flexibility index (Phi) is 7.53. The SMILES string of the molecule is CCS(=O)CCNC(=O)NCC(C)C(=O)O. The molecule has 0 rings (SSSR count). The molecule has 0 bridgehead atoms. The van der Waals surface area contributed by atoms with Crippen LogP contribution in [0.3, 0.4) is 0 Å². The number of urea groups is 1. The van der Waals surface area contributed by atoms with Crippen molar-refractivity contribution >= 4 is 22.8 Å². The molecule has 0 radical (unpaired) electrons. The summed E-state index contributed by atoms with van der Waals surface area (Å²) in [4.78, 5) is 21.6. The number of carbonyl (C=O) groups excluding carboxylic acids is 1. The van der Waals surface area contributed by atoms with Crippen molar-refractivity contribution in [1.29, 1.82) is 0 Å². The molecule has 0 saturated carbocycles. The van der Waals surface area contributed by atoms with Crippen LogP contribution >= 0.6 is 0 Å². The first-order chi connectivity index (χ1) is 7.47. The van der Waals surface area contributed by atoms with E-state index in [1.54, 1.807) is 0 Å². The number of carboxylic acid groups (broad SMARTS) is 1. The van der Waals surface area contributed by atoms with E-state index in [0.29, 0.717) is 18.1 Å². The van der Waals surface area contributed by atoms with Crippen molar-refractivity contribution < 1.29 is 18.9 Å². The van der Waals surface area contributed by atoms with Crippen LogP contribution in [-0.4, -0.2) is 45.9 Å². The molecule has 0 aliphatic heterocycles. The second kappa shape index (κ2) is 8.09. The van der Waals surface area contributed by atoms with Gasteiger partial charge < -0.3 is 15.7 Å². The predicted molar refractivity (Wildman–Crippen MR) is 61.8 cm³/mol. The first-order valence-corrected chi connectivity index (χ1v) is 6.55. The van der Waals surface area contributed by atoms with Gasteiger partial charge in [0.25, 0.3) is 0 Å². The lowest BCUT2D eigenvalue weighted by atomic mass is 10.2. The van der Waals surface area contributed by atoms with Gasteiger partial charge in [0.15, 0.2) is 0 Å². The van der Waals surface area contributed by atoms with E-state index in [-0.39, 0.29) is 6.54 Å². The minimum Gasteiger partial charge on any atom is -0.481 e. The molecule has 0 aromatic rings. The highest BCUT2D eigenvalue weighted by Crippen LogP contribution is 1.90. The van der Waals surface area contributed by atoms with Gasteiger partial charge in [-0.15, -0.1) is 0 Å². The Labute approximate surface area is 97.3 Å². The summed E-state index contributed by atoms with van der Waals surface area (Å²) in [5.41, 5.74) is 0. The molecule has 0 aliphatic carbocycles. The third-order valence-electron chi connectivity index (χ3n) is 1.93. The van der Waals surface area contributed by atoms with E-state index in [4.69, 9.17) is 5.11 Å². The third-order valence-corrected chi connectivity index (χ3v) is 3.23. The van der Waals surface area contributed by atoms with Gasteiger partial charge >= 0.3 is 12.0 Å². The summed E-state index contributed by atoms with van der Waals surface area (Å²) >= 11 is 0. The van der Waals surface area contributed by atoms with Crippen LogP contribution in [0.4, 0.5) is 4.79 Å². The molecule has 0 aromatic carbocycles. The zero-order valence-corrected chi connectivity index (χ0v) is 10.3. The van der Waals surface area contributed by atoms with E-state index < -0.39 is 28.7 Å². The number of hydrogen-bond acceptors (Lipinski definition) is 3. The molecule has 0 heterocycles. The van der Waals surface area contributed by atoms with Crippen molar-refractivity contribution in [2.45, 2.75) is 13.8 Å². The molecule has 3 N–H and O–H groups in total.